The summed E-state index contributed by atoms with van der Waals surface area (Å²) in [6.45, 7) is 6.66. The minimum absolute atomic E-state index is 0.108. The molecule has 0 rings (SSSR count). The van der Waals surface area contributed by atoms with Gasteiger partial charge >= 0.3 is 0 Å². The van der Waals surface area contributed by atoms with Gasteiger partial charge in [-0.2, -0.15) is 0 Å². The molecular formula is C10H21N3O2. The Kier molecular flexibility index (Phi) is 6.70. The maximum atomic E-state index is 11.3. The van der Waals surface area contributed by atoms with Crippen molar-refractivity contribution in [3.63, 3.8) is 0 Å². The highest BCUT2D eigenvalue weighted by Gasteiger charge is 2.13. The highest BCUT2D eigenvalue weighted by atomic mass is 16.2. The van der Waals surface area contributed by atoms with Crippen molar-refractivity contribution in [3.8, 4) is 0 Å². The summed E-state index contributed by atoms with van der Waals surface area (Å²) in [7, 11) is 0. The highest BCUT2D eigenvalue weighted by molar-refractivity contribution is 5.82. The molecule has 1 atom stereocenters. The maximum Gasteiger partial charge on any atom is 0.234 e. The molecule has 0 aromatic heterocycles. The van der Waals surface area contributed by atoms with Crippen molar-refractivity contribution in [2.24, 2.45) is 11.7 Å². The van der Waals surface area contributed by atoms with Gasteiger partial charge in [0.05, 0.1) is 12.6 Å². The molecule has 1 unspecified atom stereocenters. The van der Waals surface area contributed by atoms with E-state index in [2.05, 4.69) is 10.6 Å². The quantitative estimate of drug-likeness (QED) is 0.541. The zero-order valence-corrected chi connectivity index (χ0v) is 9.67. The smallest absolute Gasteiger partial charge is 0.234 e. The Bertz CT molecular complexity index is 217. The van der Waals surface area contributed by atoms with Gasteiger partial charge < -0.3 is 11.1 Å². The standard InChI is InChI=1S/C10H21N3O2/c1-4-8(10(11)15)12-6-9(14)13-5-7(2)3/h7-8,12H,4-6H2,1-3H3,(H2,11,15)(H,13,14). The summed E-state index contributed by atoms with van der Waals surface area (Å²) < 4.78 is 0. The number of hydrogen-bond donors (Lipinski definition) is 3. The van der Waals surface area contributed by atoms with E-state index in [9.17, 15) is 9.59 Å². The molecule has 88 valence electrons. The first-order valence-electron chi connectivity index (χ1n) is 5.26. The van der Waals surface area contributed by atoms with E-state index in [1.54, 1.807) is 0 Å². The minimum Gasteiger partial charge on any atom is -0.368 e. The van der Waals surface area contributed by atoms with Gasteiger partial charge in [-0.1, -0.05) is 20.8 Å². The molecule has 0 aliphatic heterocycles. The van der Waals surface area contributed by atoms with Crippen LogP contribution in [0.3, 0.4) is 0 Å². The summed E-state index contributed by atoms with van der Waals surface area (Å²) in [6.07, 6.45) is 0.590. The van der Waals surface area contributed by atoms with Crippen LogP contribution in [-0.2, 0) is 9.59 Å². The van der Waals surface area contributed by atoms with Crippen LogP contribution in [0.15, 0.2) is 0 Å². The van der Waals surface area contributed by atoms with E-state index in [1.807, 2.05) is 20.8 Å². The maximum absolute atomic E-state index is 11.3. The predicted octanol–water partition coefficient (Wildman–Crippen LogP) is -0.388. The van der Waals surface area contributed by atoms with Crippen LogP contribution < -0.4 is 16.4 Å². The normalized spacial score (nSPS) is 12.5. The Morgan fingerprint density at radius 2 is 1.93 bits per heavy atom. The van der Waals surface area contributed by atoms with Crippen molar-refractivity contribution in [2.45, 2.75) is 33.2 Å². The molecular weight excluding hydrogens is 194 g/mol. The van der Waals surface area contributed by atoms with Gasteiger partial charge in [0.15, 0.2) is 0 Å². The van der Waals surface area contributed by atoms with Crippen molar-refractivity contribution < 1.29 is 9.59 Å². The van der Waals surface area contributed by atoms with Crippen LogP contribution in [0.5, 0.6) is 0 Å². The van der Waals surface area contributed by atoms with Gasteiger partial charge in [-0.25, -0.2) is 0 Å². The molecule has 0 aromatic rings. The van der Waals surface area contributed by atoms with E-state index in [4.69, 9.17) is 5.73 Å². The molecule has 0 aliphatic rings. The van der Waals surface area contributed by atoms with E-state index in [0.29, 0.717) is 18.9 Å². The number of primary amides is 1. The summed E-state index contributed by atoms with van der Waals surface area (Å²) in [4.78, 5) is 22.1. The summed E-state index contributed by atoms with van der Waals surface area (Å²) >= 11 is 0. The molecule has 0 spiro atoms. The van der Waals surface area contributed by atoms with E-state index in [0.717, 1.165) is 0 Å². The van der Waals surface area contributed by atoms with Crippen molar-refractivity contribution in [1.29, 1.82) is 0 Å². The molecule has 0 bridgehead atoms. The lowest BCUT2D eigenvalue weighted by atomic mass is 10.2. The number of nitrogens with two attached hydrogens (primary N) is 1. The van der Waals surface area contributed by atoms with Crippen LogP contribution in [0.1, 0.15) is 27.2 Å². The molecule has 0 heterocycles. The number of amides is 2. The predicted molar refractivity (Wildman–Crippen MR) is 59.1 cm³/mol. The van der Waals surface area contributed by atoms with Gasteiger partial charge in [0.25, 0.3) is 0 Å². The minimum atomic E-state index is -0.422. The van der Waals surface area contributed by atoms with Crippen LogP contribution in [-0.4, -0.2) is 30.9 Å². The molecule has 0 saturated carbocycles. The number of rotatable bonds is 7. The summed E-state index contributed by atoms with van der Waals surface area (Å²) in [5.41, 5.74) is 5.12. The first-order valence-corrected chi connectivity index (χ1v) is 5.26. The van der Waals surface area contributed by atoms with E-state index < -0.39 is 11.9 Å². The first kappa shape index (κ1) is 13.9. The van der Waals surface area contributed by atoms with Crippen LogP contribution in [0.2, 0.25) is 0 Å². The molecule has 5 nitrogen and oxygen atoms in total. The SMILES string of the molecule is CCC(NCC(=O)NCC(C)C)C(N)=O. The zero-order valence-electron chi connectivity index (χ0n) is 9.67. The molecule has 5 heteroatoms. The fourth-order valence-corrected chi connectivity index (χ4v) is 1.04. The van der Waals surface area contributed by atoms with Crippen LogP contribution in [0.25, 0.3) is 0 Å². The van der Waals surface area contributed by atoms with Crippen molar-refractivity contribution in [2.75, 3.05) is 13.1 Å². The average molecular weight is 215 g/mol. The van der Waals surface area contributed by atoms with Crippen molar-refractivity contribution >= 4 is 11.8 Å². The van der Waals surface area contributed by atoms with E-state index in [1.165, 1.54) is 0 Å². The largest absolute Gasteiger partial charge is 0.368 e. The third kappa shape index (κ3) is 6.90. The fourth-order valence-electron chi connectivity index (χ4n) is 1.04. The second-order valence-corrected chi connectivity index (χ2v) is 3.94. The molecule has 15 heavy (non-hydrogen) atoms. The molecule has 0 aliphatic carbocycles. The monoisotopic (exact) mass is 215 g/mol. The van der Waals surface area contributed by atoms with Crippen molar-refractivity contribution in [1.82, 2.24) is 10.6 Å². The Morgan fingerprint density at radius 3 is 2.33 bits per heavy atom. The second kappa shape index (κ2) is 7.23. The molecule has 0 radical (unpaired) electrons. The molecule has 0 fully saturated rings. The van der Waals surface area contributed by atoms with Crippen molar-refractivity contribution in [3.05, 3.63) is 0 Å². The lowest BCUT2D eigenvalue weighted by molar-refractivity contribution is -0.121. The highest BCUT2D eigenvalue weighted by Crippen LogP contribution is 1.89. The van der Waals surface area contributed by atoms with Gasteiger partial charge in [0.1, 0.15) is 0 Å². The number of nitrogens with one attached hydrogen (secondary N) is 2. The lowest BCUT2D eigenvalue weighted by Crippen LogP contribution is -2.45. The Morgan fingerprint density at radius 1 is 1.33 bits per heavy atom. The number of carbonyl (C=O) groups excluding carboxylic acids is 2. The summed E-state index contributed by atoms with van der Waals surface area (Å²) in [5, 5.41) is 5.55. The number of hydrogen-bond acceptors (Lipinski definition) is 3. The fraction of sp³-hybridized carbons (Fsp3) is 0.800. The first-order chi connectivity index (χ1) is 6.97. The van der Waals surface area contributed by atoms with E-state index in [-0.39, 0.29) is 12.5 Å². The second-order valence-electron chi connectivity index (χ2n) is 3.94. The molecule has 0 aromatic carbocycles. The average Bonchev–Trinajstić information content (AvgIpc) is 2.15. The molecule has 4 N–H and O–H groups in total. The summed E-state index contributed by atoms with van der Waals surface area (Å²) in [5.74, 6) is -0.107. The van der Waals surface area contributed by atoms with Gasteiger partial charge in [-0.15, -0.1) is 0 Å². The van der Waals surface area contributed by atoms with Gasteiger partial charge in [-0.3, -0.25) is 14.9 Å². The lowest BCUT2D eigenvalue weighted by Gasteiger charge is -2.13. The third-order valence-electron chi connectivity index (χ3n) is 1.97. The van der Waals surface area contributed by atoms with E-state index >= 15 is 0 Å². The van der Waals surface area contributed by atoms with Gasteiger partial charge in [0.2, 0.25) is 11.8 Å². The van der Waals surface area contributed by atoms with Crippen LogP contribution in [0, 0.1) is 5.92 Å². The molecule has 0 saturated heterocycles. The zero-order chi connectivity index (χ0) is 11.8. The summed E-state index contributed by atoms with van der Waals surface area (Å²) in [6, 6.07) is -0.421. The third-order valence-corrected chi connectivity index (χ3v) is 1.97. The Hall–Kier alpha value is -1.10. The van der Waals surface area contributed by atoms with Gasteiger partial charge in [-0.05, 0) is 12.3 Å². The van der Waals surface area contributed by atoms with Crippen LogP contribution >= 0.6 is 0 Å². The Balaban J connectivity index is 3.74. The van der Waals surface area contributed by atoms with Gasteiger partial charge in [0, 0.05) is 6.54 Å². The Labute approximate surface area is 90.8 Å². The van der Waals surface area contributed by atoms with Crippen LogP contribution in [0.4, 0.5) is 0 Å². The topological polar surface area (TPSA) is 84.2 Å². The molecule has 2 amide bonds. The number of carbonyl (C=O) groups is 2.